The van der Waals surface area contributed by atoms with Crippen LogP contribution in [0.4, 0.5) is 0 Å². The summed E-state index contributed by atoms with van der Waals surface area (Å²) in [6, 6.07) is 7.73. The molecular formula is C16H21N3O2. The maximum absolute atomic E-state index is 11.5. The van der Waals surface area contributed by atoms with Crippen LogP contribution in [0.3, 0.4) is 0 Å². The summed E-state index contributed by atoms with van der Waals surface area (Å²) in [4.78, 5) is 13.6. The molecule has 5 heteroatoms. The zero-order chi connectivity index (χ0) is 14.8. The number of aryl methyl sites for hydroxylation is 1. The van der Waals surface area contributed by atoms with E-state index in [2.05, 4.69) is 16.1 Å². The standard InChI is InChI=1S/C16H21N3O2/c1-18-14-8-5-4-7-12(14)13(17-18)11-19-10-6-2-3-9-15(19)16(20)21/h4-5,7-8,15H,2-3,6,9-11H2,1H3,(H,20,21). The first kappa shape index (κ1) is 14.1. The van der Waals surface area contributed by atoms with Crippen molar-refractivity contribution >= 4 is 16.9 Å². The van der Waals surface area contributed by atoms with Crippen LogP contribution in [0.25, 0.3) is 10.9 Å². The number of nitrogens with zero attached hydrogens (tertiary/aromatic N) is 3. The molecule has 1 N–H and O–H groups in total. The van der Waals surface area contributed by atoms with Crippen LogP contribution in [0.2, 0.25) is 0 Å². The van der Waals surface area contributed by atoms with Crippen LogP contribution < -0.4 is 0 Å². The number of carboxylic acids is 1. The molecule has 0 bridgehead atoms. The quantitative estimate of drug-likeness (QED) is 0.941. The summed E-state index contributed by atoms with van der Waals surface area (Å²) in [6.07, 6.45) is 3.91. The largest absolute Gasteiger partial charge is 0.480 e. The van der Waals surface area contributed by atoms with E-state index in [-0.39, 0.29) is 6.04 Å². The van der Waals surface area contributed by atoms with Gasteiger partial charge in [0.2, 0.25) is 0 Å². The topological polar surface area (TPSA) is 58.4 Å². The molecule has 1 aliphatic rings. The number of hydrogen-bond acceptors (Lipinski definition) is 3. The zero-order valence-corrected chi connectivity index (χ0v) is 12.3. The summed E-state index contributed by atoms with van der Waals surface area (Å²) < 4.78 is 1.87. The van der Waals surface area contributed by atoms with Crippen molar-refractivity contribution in [2.75, 3.05) is 6.54 Å². The Kier molecular flexibility index (Phi) is 3.92. The summed E-state index contributed by atoms with van der Waals surface area (Å²) in [7, 11) is 1.93. The molecule has 21 heavy (non-hydrogen) atoms. The summed E-state index contributed by atoms with van der Waals surface area (Å²) in [5.41, 5.74) is 2.07. The average Bonchev–Trinajstić information content (AvgIpc) is 2.65. The molecule has 1 atom stereocenters. The second kappa shape index (κ2) is 5.85. The SMILES string of the molecule is Cn1nc(CN2CCCCCC2C(=O)O)c2ccccc21. The predicted octanol–water partition coefficient (Wildman–Crippen LogP) is 2.40. The number of hydrogen-bond donors (Lipinski definition) is 1. The Morgan fingerprint density at radius 1 is 1.33 bits per heavy atom. The molecule has 0 radical (unpaired) electrons. The maximum atomic E-state index is 11.5. The lowest BCUT2D eigenvalue weighted by molar-refractivity contribution is -0.143. The van der Waals surface area contributed by atoms with E-state index in [4.69, 9.17) is 0 Å². The van der Waals surface area contributed by atoms with Gasteiger partial charge in [-0.3, -0.25) is 14.4 Å². The fraction of sp³-hybridized carbons (Fsp3) is 0.500. The van der Waals surface area contributed by atoms with Gasteiger partial charge in [-0.15, -0.1) is 0 Å². The Balaban J connectivity index is 1.90. The Hall–Kier alpha value is -1.88. The van der Waals surface area contributed by atoms with Crippen molar-refractivity contribution in [1.29, 1.82) is 0 Å². The van der Waals surface area contributed by atoms with Crippen molar-refractivity contribution in [3.63, 3.8) is 0 Å². The molecule has 1 aromatic carbocycles. The monoisotopic (exact) mass is 287 g/mol. The molecule has 3 rings (SSSR count). The number of carbonyl (C=O) groups is 1. The Bertz CT molecular complexity index is 650. The lowest BCUT2D eigenvalue weighted by Gasteiger charge is -2.25. The Morgan fingerprint density at radius 3 is 2.95 bits per heavy atom. The highest BCUT2D eigenvalue weighted by Gasteiger charge is 2.28. The van der Waals surface area contributed by atoms with Crippen molar-refractivity contribution in [3.8, 4) is 0 Å². The van der Waals surface area contributed by atoms with E-state index >= 15 is 0 Å². The second-order valence-corrected chi connectivity index (χ2v) is 5.76. The van der Waals surface area contributed by atoms with E-state index in [1.165, 1.54) is 0 Å². The van der Waals surface area contributed by atoms with Crippen LogP contribution in [0, 0.1) is 0 Å². The number of rotatable bonds is 3. The fourth-order valence-electron chi connectivity index (χ4n) is 3.23. The molecule has 1 aliphatic heterocycles. The lowest BCUT2D eigenvalue weighted by atomic mass is 10.1. The number of likely N-dealkylation sites (tertiary alicyclic amines) is 1. The molecule has 1 saturated heterocycles. The molecule has 1 unspecified atom stereocenters. The number of aromatic nitrogens is 2. The van der Waals surface area contributed by atoms with Gasteiger partial charge in [-0.25, -0.2) is 0 Å². The molecule has 5 nitrogen and oxygen atoms in total. The van der Waals surface area contributed by atoms with E-state index in [1.54, 1.807) is 0 Å². The maximum Gasteiger partial charge on any atom is 0.320 e. The van der Waals surface area contributed by atoms with E-state index < -0.39 is 5.97 Å². The van der Waals surface area contributed by atoms with Gasteiger partial charge in [0.15, 0.2) is 0 Å². The average molecular weight is 287 g/mol. The van der Waals surface area contributed by atoms with Gasteiger partial charge in [0, 0.05) is 19.0 Å². The molecule has 0 aliphatic carbocycles. The van der Waals surface area contributed by atoms with Crippen LogP contribution in [-0.4, -0.2) is 38.3 Å². The van der Waals surface area contributed by atoms with Crippen LogP contribution in [-0.2, 0) is 18.4 Å². The molecule has 1 fully saturated rings. The van der Waals surface area contributed by atoms with Gasteiger partial charge in [0.05, 0.1) is 11.2 Å². The fourth-order valence-corrected chi connectivity index (χ4v) is 3.23. The van der Waals surface area contributed by atoms with Crippen LogP contribution >= 0.6 is 0 Å². The van der Waals surface area contributed by atoms with Crippen LogP contribution in [0.15, 0.2) is 24.3 Å². The first-order valence-electron chi connectivity index (χ1n) is 7.54. The molecule has 2 heterocycles. The summed E-state index contributed by atoms with van der Waals surface area (Å²) in [5, 5.41) is 15.2. The van der Waals surface area contributed by atoms with Crippen molar-refractivity contribution in [3.05, 3.63) is 30.0 Å². The van der Waals surface area contributed by atoms with Gasteiger partial charge in [0.1, 0.15) is 6.04 Å². The second-order valence-electron chi connectivity index (χ2n) is 5.76. The van der Waals surface area contributed by atoms with E-state index in [1.807, 2.05) is 29.9 Å². The summed E-state index contributed by atoms with van der Waals surface area (Å²) in [5.74, 6) is -0.711. The minimum Gasteiger partial charge on any atom is -0.480 e. The lowest BCUT2D eigenvalue weighted by Crippen LogP contribution is -2.40. The minimum atomic E-state index is -0.711. The molecule has 2 aromatic rings. The third kappa shape index (κ3) is 2.78. The normalized spacial score (nSPS) is 20.5. The number of aliphatic carboxylic acids is 1. The molecule has 1 aromatic heterocycles. The first-order chi connectivity index (χ1) is 10.2. The van der Waals surface area contributed by atoms with Crippen molar-refractivity contribution in [1.82, 2.24) is 14.7 Å². The first-order valence-corrected chi connectivity index (χ1v) is 7.54. The highest BCUT2D eigenvalue weighted by atomic mass is 16.4. The molecule has 0 spiro atoms. The molecular weight excluding hydrogens is 266 g/mol. The molecule has 0 saturated carbocycles. The smallest absolute Gasteiger partial charge is 0.320 e. The van der Waals surface area contributed by atoms with Gasteiger partial charge in [-0.2, -0.15) is 5.10 Å². The van der Waals surface area contributed by atoms with Gasteiger partial charge >= 0.3 is 5.97 Å². The van der Waals surface area contributed by atoms with E-state index in [0.717, 1.165) is 48.8 Å². The van der Waals surface area contributed by atoms with Crippen molar-refractivity contribution in [2.24, 2.45) is 7.05 Å². The third-order valence-corrected chi connectivity index (χ3v) is 4.34. The number of para-hydroxylation sites is 1. The summed E-state index contributed by atoms with van der Waals surface area (Å²) >= 11 is 0. The highest BCUT2D eigenvalue weighted by molar-refractivity contribution is 5.82. The Labute approximate surface area is 124 Å². The van der Waals surface area contributed by atoms with Crippen LogP contribution in [0.1, 0.15) is 31.4 Å². The van der Waals surface area contributed by atoms with E-state index in [9.17, 15) is 9.90 Å². The van der Waals surface area contributed by atoms with Gasteiger partial charge in [-0.1, -0.05) is 31.0 Å². The van der Waals surface area contributed by atoms with Crippen molar-refractivity contribution < 1.29 is 9.90 Å². The summed E-state index contributed by atoms with van der Waals surface area (Å²) in [6.45, 7) is 1.44. The third-order valence-electron chi connectivity index (χ3n) is 4.34. The number of benzene rings is 1. The Morgan fingerprint density at radius 2 is 2.14 bits per heavy atom. The minimum absolute atomic E-state index is 0.381. The van der Waals surface area contributed by atoms with Crippen LogP contribution in [0.5, 0.6) is 0 Å². The number of carboxylic acid groups (broad SMARTS) is 1. The van der Waals surface area contributed by atoms with Gasteiger partial charge < -0.3 is 5.11 Å². The highest BCUT2D eigenvalue weighted by Crippen LogP contribution is 2.23. The zero-order valence-electron chi connectivity index (χ0n) is 12.3. The predicted molar refractivity (Wildman–Crippen MR) is 81.0 cm³/mol. The van der Waals surface area contributed by atoms with Crippen molar-refractivity contribution in [2.45, 2.75) is 38.3 Å². The van der Waals surface area contributed by atoms with E-state index in [0.29, 0.717) is 6.54 Å². The molecule has 0 amide bonds. The molecule has 112 valence electrons. The van der Waals surface area contributed by atoms with Gasteiger partial charge in [-0.05, 0) is 25.5 Å². The number of fused-ring (bicyclic) bond motifs is 1. The van der Waals surface area contributed by atoms with Gasteiger partial charge in [0.25, 0.3) is 0 Å².